The van der Waals surface area contributed by atoms with Gasteiger partial charge in [-0.2, -0.15) is 0 Å². The summed E-state index contributed by atoms with van der Waals surface area (Å²) in [6.45, 7) is 2.58. The minimum atomic E-state index is -0.166. The second-order valence-electron chi connectivity index (χ2n) is 4.72. The van der Waals surface area contributed by atoms with Crippen LogP contribution in [-0.4, -0.2) is 30.3 Å². The highest BCUT2D eigenvalue weighted by molar-refractivity contribution is 6.04. The largest absolute Gasteiger partial charge is 0.342 e. The van der Waals surface area contributed by atoms with E-state index in [9.17, 15) is 9.59 Å². The molecule has 0 atom stereocenters. The van der Waals surface area contributed by atoms with Gasteiger partial charge in [0.05, 0.1) is 0 Å². The van der Waals surface area contributed by atoms with Crippen molar-refractivity contribution in [1.82, 2.24) is 4.90 Å². The van der Waals surface area contributed by atoms with Crippen molar-refractivity contribution in [3.05, 3.63) is 65.7 Å². The van der Waals surface area contributed by atoms with Crippen LogP contribution in [0.15, 0.2) is 54.6 Å². The van der Waals surface area contributed by atoms with Gasteiger partial charge in [-0.3, -0.25) is 9.59 Å². The van der Waals surface area contributed by atoms with Crippen LogP contribution in [0.2, 0.25) is 0 Å². The SMILES string of the molecule is CCN(C)C(=O)c1ccc(NC(=O)c2ccccc2)cc1. The van der Waals surface area contributed by atoms with Gasteiger partial charge in [0.1, 0.15) is 0 Å². The number of hydrogen-bond donors (Lipinski definition) is 1. The van der Waals surface area contributed by atoms with Crippen LogP contribution in [0, 0.1) is 0 Å². The number of benzene rings is 2. The van der Waals surface area contributed by atoms with Gasteiger partial charge in [-0.15, -0.1) is 0 Å². The topological polar surface area (TPSA) is 49.4 Å². The molecule has 0 unspecified atom stereocenters. The Labute approximate surface area is 124 Å². The molecule has 0 heterocycles. The van der Waals surface area contributed by atoms with Gasteiger partial charge >= 0.3 is 0 Å². The molecule has 0 bridgehead atoms. The average Bonchev–Trinajstić information content (AvgIpc) is 2.55. The lowest BCUT2D eigenvalue weighted by molar-refractivity contribution is 0.0802. The van der Waals surface area contributed by atoms with Crippen LogP contribution in [0.5, 0.6) is 0 Å². The molecule has 2 amide bonds. The van der Waals surface area contributed by atoms with Crippen molar-refractivity contribution >= 4 is 17.5 Å². The molecule has 108 valence electrons. The summed E-state index contributed by atoms with van der Waals surface area (Å²) >= 11 is 0. The number of anilines is 1. The van der Waals surface area contributed by atoms with Crippen LogP contribution in [0.3, 0.4) is 0 Å². The van der Waals surface area contributed by atoms with Crippen molar-refractivity contribution in [2.75, 3.05) is 18.9 Å². The summed E-state index contributed by atoms with van der Waals surface area (Å²) in [5, 5.41) is 2.80. The molecule has 0 saturated heterocycles. The van der Waals surface area contributed by atoms with E-state index in [1.165, 1.54) is 0 Å². The van der Waals surface area contributed by atoms with E-state index >= 15 is 0 Å². The zero-order valence-corrected chi connectivity index (χ0v) is 12.2. The fourth-order valence-electron chi connectivity index (χ4n) is 1.85. The molecule has 0 radical (unpaired) electrons. The van der Waals surface area contributed by atoms with Crippen LogP contribution < -0.4 is 5.32 Å². The minimum Gasteiger partial charge on any atom is -0.342 e. The fraction of sp³-hybridized carbons (Fsp3) is 0.176. The Morgan fingerprint density at radius 2 is 1.57 bits per heavy atom. The van der Waals surface area contributed by atoms with Gasteiger partial charge in [-0.1, -0.05) is 18.2 Å². The maximum absolute atomic E-state index is 12.0. The van der Waals surface area contributed by atoms with Gasteiger partial charge in [0.2, 0.25) is 0 Å². The first-order chi connectivity index (χ1) is 10.1. The molecular weight excluding hydrogens is 264 g/mol. The third-order valence-corrected chi connectivity index (χ3v) is 3.25. The summed E-state index contributed by atoms with van der Waals surface area (Å²) in [5.41, 5.74) is 1.87. The van der Waals surface area contributed by atoms with Crippen LogP contribution in [0.1, 0.15) is 27.6 Å². The highest BCUT2D eigenvalue weighted by atomic mass is 16.2. The number of hydrogen-bond acceptors (Lipinski definition) is 2. The third-order valence-electron chi connectivity index (χ3n) is 3.25. The summed E-state index contributed by atoms with van der Waals surface area (Å²) in [5.74, 6) is -0.196. The summed E-state index contributed by atoms with van der Waals surface area (Å²) in [6, 6.07) is 15.9. The molecule has 0 spiro atoms. The zero-order chi connectivity index (χ0) is 15.2. The molecule has 0 aliphatic heterocycles. The molecule has 0 fully saturated rings. The second kappa shape index (κ2) is 6.70. The van der Waals surface area contributed by atoms with Crippen LogP contribution in [-0.2, 0) is 0 Å². The van der Waals surface area contributed by atoms with Crippen LogP contribution >= 0.6 is 0 Å². The molecule has 21 heavy (non-hydrogen) atoms. The Morgan fingerprint density at radius 1 is 0.952 bits per heavy atom. The lowest BCUT2D eigenvalue weighted by Gasteiger charge is -2.14. The molecule has 1 N–H and O–H groups in total. The Morgan fingerprint density at radius 3 is 2.14 bits per heavy atom. The highest BCUT2D eigenvalue weighted by Gasteiger charge is 2.10. The van der Waals surface area contributed by atoms with Gasteiger partial charge in [0.25, 0.3) is 11.8 Å². The Hall–Kier alpha value is -2.62. The lowest BCUT2D eigenvalue weighted by Crippen LogP contribution is -2.26. The standard InChI is InChI=1S/C17H18N2O2/c1-3-19(2)17(21)14-9-11-15(12-10-14)18-16(20)13-7-5-4-6-8-13/h4-12H,3H2,1-2H3,(H,18,20). The summed E-state index contributed by atoms with van der Waals surface area (Å²) < 4.78 is 0. The van der Waals surface area contributed by atoms with Crippen molar-refractivity contribution in [1.29, 1.82) is 0 Å². The molecule has 2 aromatic rings. The predicted molar refractivity (Wildman–Crippen MR) is 83.5 cm³/mol. The van der Waals surface area contributed by atoms with Crippen LogP contribution in [0.25, 0.3) is 0 Å². The maximum atomic E-state index is 12.0. The monoisotopic (exact) mass is 282 g/mol. The molecular formula is C17H18N2O2. The number of nitrogens with zero attached hydrogens (tertiary/aromatic N) is 1. The molecule has 2 aromatic carbocycles. The van der Waals surface area contributed by atoms with Gasteiger partial charge in [0.15, 0.2) is 0 Å². The number of carbonyl (C=O) groups excluding carboxylic acids is 2. The van der Waals surface area contributed by atoms with Crippen molar-refractivity contribution in [3.63, 3.8) is 0 Å². The number of carbonyl (C=O) groups is 2. The Balaban J connectivity index is 2.06. The van der Waals surface area contributed by atoms with E-state index in [1.54, 1.807) is 48.3 Å². The zero-order valence-electron chi connectivity index (χ0n) is 12.2. The third kappa shape index (κ3) is 3.69. The van der Waals surface area contributed by atoms with Gasteiger partial charge in [-0.05, 0) is 43.3 Å². The maximum Gasteiger partial charge on any atom is 0.255 e. The quantitative estimate of drug-likeness (QED) is 0.937. The van der Waals surface area contributed by atoms with E-state index in [1.807, 2.05) is 25.1 Å². The normalized spacial score (nSPS) is 10.0. The smallest absolute Gasteiger partial charge is 0.255 e. The van der Waals surface area contributed by atoms with E-state index in [-0.39, 0.29) is 11.8 Å². The molecule has 0 aromatic heterocycles. The number of rotatable bonds is 4. The number of amides is 2. The Kier molecular flexibility index (Phi) is 4.72. The first kappa shape index (κ1) is 14.8. The van der Waals surface area contributed by atoms with Crippen molar-refractivity contribution in [2.45, 2.75) is 6.92 Å². The van der Waals surface area contributed by atoms with E-state index in [0.29, 0.717) is 23.4 Å². The predicted octanol–water partition coefficient (Wildman–Crippen LogP) is 3.03. The minimum absolute atomic E-state index is 0.0292. The van der Waals surface area contributed by atoms with Gasteiger partial charge < -0.3 is 10.2 Å². The second-order valence-corrected chi connectivity index (χ2v) is 4.72. The fourth-order valence-corrected chi connectivity index (χ4v) is 1.85. The van der Waals surface area contributed by atoms with Gasteiger partial charge in [-0.25, -0.2) is 0 Å². The highest BCUT2D eigenvalue weighted by Crippen LogP contribution is 2.12. The molecule has 0 aliphatic rings. The Bertz CT molecular complexity index is 621. The molecule has 4 heteroatoms. The molecule has 0 saturated carbocycles. The van der Waals surface area contributed by atoms with E-state index < -0.39 is 0 Å². The first-order valence-corrected chi connectivity index (χ1v) is 6.83. The van der Waals surface area contributed by atoms with E-state index in [2.05, 4.69) is 5.32 Å². The van der Waals surface area contributed by atoms with Gasteiger partial charge in [0, 0.05) is 30.4 Å². The number of nitrogens with one attached hydrogen (secondary N) is 1. The van der Waals surface area contributed by atoms with Crippen molar-refractivity contribution in [3.8, 4) is 0 Å². The average molecular weight is 282 g/mol. The van der Waals surface area contributed by atoms with Crippen LogP contribution in [0.4, 0.5) is 5.69 Å². The summed E-state index contributed by atoms with van der Waals surface area (Å²) in [7, 11) is 1.76. The first-order valence-electron chi connectivity index (χ1n) is 6.83. The molecule has 0 aliphatic carbocycles. The molecule has 2 rings (SSSR count). The van der Waals surface area contributed by atoms with E-state index in [4.69, 9.17) is 0 Å². The van der Waals surface area contributed by atoms with Crippen molar-refractivity contribution < 1.29 is 9.59 Å². The molecule has 4 nitrogen and oxygen atoms in total. The summed E-state index contributed by atoms with van der Waals surface area (Å²) in [6.07, 6.45) is 0. The van der Waals surface area contributed by atoms with E-state index in [0.717, 1.165) is 0 Å². The summed E-state index contributed by atoms with van der Waals surface area (Å²) in [4.78, 5) is 25.6. The van der Waals surface area contributed by atoms with Crippen molar-refractivity contribution in [2.24, 2.45) is 0 Å². The lowest BCUT2D eigenvalue weighted by atomic mass is 10.1.